The minimum absolute atomic E-state index is 0.294. The Morgan fingerprint density at radius 3 is 2.68 bits per heavy atom. The molecule has 2 aliphatic rings. The lowest BCUT2D eigenvalue weighted by Crippen LogP contribution is -2.43. The molecule has 6 nitrogen and oxygen atoms in total. The Hall–Kier alpha value is -1.43. The molecular weight excluding hydrogens is 242 g/mol. The van der Waals surface area contributed by atoms with Crippen molar-refractivity contribution in [1.29, 1.82) is 0 Å². The van der Waals surface area contributed by atoms with Gasteiger partial charge in [0.2, 0.25) is 5.91 Å². The summed E-state index contributed by atoms with van der Waals surface area (Å²) >= 11 is 0. The Kier molecular flexibility index (Phi) is 3.50. The van der Waals surface area contributed by atoms with Gasteiger partial charge in [0.25, 0.3) is 0 Å². The van der Waals surface area contributed by atoms with Crippen LogP contribution >= 0.6 is 0 Å². The first-order valence-electron chi connectivity index (χ1n) is 7.08. The van der Waals surface area contributed by atoms with Crippen LogP contribution in [0.3, 0.4) is 0 Å². The summed E-state index contributed by atoms with van der Waals surface area (Å²) in [5.41, 5.74) is 0. The standard InChI is InChI=1S/C13H21N5O/c1-16-12(2-3-13(16)19)10-17-7-4-11(5-8-17)18-9-6-14-15-18/h6,9,11-12H,2-5,7-8,10H2,1H3. The molecule has 0 N–H and O–H groups in total. The molecule has 1 atom stereocenters. The minimum atomic E-state index is 0.294. The summed E-state index contributed by atoms with van der Waals surface area (Å²) in [7, 11) is 1.93. The highest BCUT2D eigenvalue weighted by atomic mass is 16.2. The fraction of sp³-hybridized carbons (Fsp3) is 0.769. The van der Waals surface area contributed by atoms with E-state index in [0.29, 0.717) is 18.0 Å². The van der Waals surface area contributed by atoms with Crippen LogP contribution in [0.2, 0.25) is 0 Å². The minimum Gasteiger partial charge on any atom is -0.341 e. The third-order valence-electron chi connectivity index (χ3n) is 4.47. The van der Waals surface area contributed by atoms with Crippen LogP contribution in [0.15, 0.2) is 12.4 Å². The van der Waals surface area contributed by atoms with E-state index in [-0.39, 0.29) is 0 Å². The van der Waals surface area contributed by atoms with Gasteiger partial charge in [-0.05, 0) is 19.3 Å². The maximum atomic E-state index is 11.5. The van der Waals surface area contributed by atoms with Crippen LogP contribution in [0.25, 0.3) is 0 Å². The van der Waals surface area contributed by atoms with Crippen molar-refractivity contribution in [2.45, 2.75) is 37.8 Å². The largest absolute Gasteiger partial charge is 0.341 e. The van der Waals surface area contributed by atoms with Crippen LogP contribution in [0.5, 0.6) is 0 Å². The van der Waals surface area contributed by atoms with Gasteiger partial charge in [-0.3, -0.25) is 4.79 Å². The van der Waals surface area contributed by atoms with Crippen molar-refractivity contribution >= 4 is 5.91 Å². The Bertz CT molecular complexity index is 424. The highest BCUT2D eigenvalue weighted by molar-refractivity contribution is 5.78. The van der Waals surface area contributed by atoms with E-state index in [0.717, 1.165) is 45.3 Å². The van der Waals surface area contributed by atoms with Gasteiger partial charge in [-0.15, -0.1) is 5.10 Å². The summed E-state index contributed by atoms with van der Waals surface area (Å²) in [5, 5.41) is 7.96. The number of hydrogen-bond acceptors (Lipinski definition) is 4. The molecule has 0 aromatic carbocycles. The van der Waals surface area contributed by atoms with Gasteiger partial charge in [0.1, 0.15) is 0 Å². The Labute approximate surface area is 113 Å². The smallest absolute Gasteiger partial charge is 0.222 e. The first-order chi connectivity index (χ1) is 9.24. The van der Waals surface area contributed by atoms with E-state index in [1.54, 1.807) is 6.20 Å². The molecule has 2 fully saturated rings. The first-order valence-corrected chi connectivity index (χ1v) is 7.08. The monoisotopic (exact) mass is 263 g/mol. The van der Waals surface area contributed by atoms with Gasteiger partial charge >= 0.3 is 0 Å². The molecule has 104 valence electrons. The Morgan fingerprint density at radius 2 is 2.11 bits per heavy atom. The molecule has 6 heteroatoms. The average molecular weight is 263 g/mol. The van der Waals surface area contributed by atoms with Gasteiger partial charge in [0, 0.05) is 45.3 Å². The lowest BCUT2D eigenvalue weighted by Gasteiger charge is -2.34. The number of amides is 1. The highest BCUT2D eigenvalue weighted by Crippen LogP contribution is 2.23. The lowest BCUT2D eigenvalue weighted by atomic mass is 10.0. The predicted octanol–water partition coefficient (Wildman–Crippen LogP) is 0.536. The molecule has 1 aromatic heterocycles. The number of carbonyl (C=O) groups excluding carboxylic acids is 1. The number of aromatic nitrogens is 3. The molecule has 1 amide bonds. The highest BCUT2D eigenvalue weighted by Gasteiger charge is 2.30. The van der Waals surface area contributed by atoms with Crippen LogP contribution in [0.4, 0.5) is 0 Å². The average Bonchev–Trinajstić information content (AvgIpc) is 3.06. The molecule has 0 bridgehead atoms. The Balaban J connectivity index is 1.49. The second-order valence-electron chi connectivity index (χ2n) is 5.61. The predicted molar refractivity (Wildman–Crippen MR) is 70.5 cm³/mol. The second kappa shape index (κ2) is 5.28. The van der Waals surface area contributed by atoms with Crippen LogP contribution < -0.4 is 0 Å². The fourth-order valence-corrected chi connectivity index (χ4v) is 3.15. The van der Waals surface area contributed by atoms with Gasteiger partial charge in [-0.2, -0.15) is 0 Å². The Morgan fingerprint density at radius 1 is 1.32 bits per heavy atom. The molecule has 0 aliphatic carbocycles. The van der Waals surface area contributed by atoms with E-state index in [9.17, 15) is 4.79 Å². The quantitative estimate of drug-likeness (QED) is 0.798. The maximum absolute atomic E-state index is 11.5. The van der Waals surface area contributed by atoms with Crippen molar-refractivity contribution in [2.24, 2.45) is 0 Å². The molecule has 1 unspecified atom stereocenters. The maximum Gasteiger partial charge on any atom is 0.222 e. The first kappa shape index (κ1) is 12.6. The third kappa shape index (κ3) is 2.63. The summed E-state index contributed by atoms with van der Waals surface area (Å²) < 4.78 is 1.97. The number of piperidine rings is 1. The molecule has 19 heavy (non-hydrogen) atoms. The summed E-state index contributed by atoms with van der Waals surface area (Å²) in [6.45, 7) is 3.19. The summed E-state index contributed by atoms with van der Waals surface area (Å²) in [5.74, 6) is 0.294. The number of hydrogen-bond donors (Lipinski definition) is 0. The van der Waals surface area contributed by atoms with Crippen molar-refractivity contribution < 1.29 is 4.79 Å². The molecular formula is C13H21N5O. The van der Waals surface area contributed by atoms with E-state index in [1.807, 2.05) is 22.8 Å². The number of likely N-dealkylation sites (tertiary alicyclic amines) is 2. The zero-order chi connectivity index (χ0) is 13.2. The van der Waals surface area contributed by atoms with Gasteiger partial charge in [-0.25, -0.2) is 4.68 Å². The van der Waals surface area contributed by atoms with Crippen molar-refractivity contribution in [2.75, 3.05) is 26.7 Å². The molecule has 3 heterocycles. The van der Waals surface area contributed by atoms with Crippen LogP contribution in [0.1, 0.15) is 31.7 Å². The SMILES string of the molecule is CN1C(=O)CCC1CN1CCC(n2ccnn2)CC1. The summed E-state index contributed by atoms with van der Waals surface area (Å²) in [4.78, 5) is 15.9. The molecule has 0 radical (unpaired) electrons. The van der Waals surface area contributed by atoms with Gasteiger partial charge in [0.05, 0.1) is 12.2 Å². The van der Waals surface area contributed by atoms with Crippen LogP contribution in [-0.2, 0) is 4.79 Å². The zero-order valence-corrected chi connectivity index (χ0v) is 11.4. The summed E-state index contributed by atoms with van der Waals surface area (Å²) in [6, 6.07) is 0.900. The van der Waals surface area contributed by atoms with E-state index in [4.69, 9.17) is 0 Å². The number of likely N-dealkylation sites (N-methyl/N-ethyl adjacent to an activating group) is 1. The topological polar surface area (TPSA) is 54.3 Å². The van der Waals surface area contributed by atoms with Gasteiger partial charge < -0.3 is 9.80 Å². The van der Waals surface area contributed by atoms with Gasteiger partial charge in [0.15, 0.2) is 0 Å². The normalized spacial score (nSPS) is 26.3. The molecule has 0 spiro atoms. The van der Waals surface area contributed by atoms with Crippen molar-refractivity contribution in [3.63, 3.8) is 0 Å². The molecule has 2 aliphatic heterocycles. The molecule has 1 aromatic rings. The number of rotatable bonds is 3. The lowest BCUT2D eigenvalue weighted by molar-refractivity contribution is -0.127. The van der Waals surface area contributed by atoms with E-state index >= 15 is 0 Å². The van der Waals surface area contributed by atoms with Crippen molar-refractivity contribution in [3.05, 3.63) is 12.4 Å². The second-order valence-corrected chi connectivity index (χ2v) is 5.61. The fourth-order valence-electron chi connectivity index (χ4n) is 3.15. The van der Waals surface area contributed by atoms with E-state index in [1.165, 1.54) is 0 Å². The number of nitrogens with zero attached hydrogens (tertiary/aromatic N) is 5. The zero-order valence-electron chi connectivity index (χ0n) is 11.4. The van der Waals surface area contributed by atoms with E-state index in [2.05, 4.69) is 15.2 Å². The third-order valence-corrected chi connectivity index (χ3v) is 4.47. The van der Waals surface area contributed by atoms with Crippen molar-refractivity contribution in [3.8, 4) is 0 Å². The van der Waals surface area contributed by atoms with E-state index < -0.39 is 0 Å². The van der Waals surface area contributed by atoms with Crippen LogP contribution in [0, 0.1) is 0 Å². The number of carbonyl (C=O) groups is 1. The molecule has 3 rings (SSSR count). The molecule has 2 saturated heterocycles. The van der Waals surface area contributed by atoms with Crippen molar-refractivity contribution in [1.82, 2.24) is 24.8 Å². The van der Waals surface area contributed by atoms with Crippen LogP contribution in [-0.4, -0.2) is 63.4 Å². The van der Waals surface area contributed by atoms with Gasteiger partial charge in [-0.1, -0.05) is 5.21 Å². The molecule has 0 saturated carbocycles. The summed E-state index contributed by atoms with van der Waals surface area (Å²) in [6.07, 6.45) is 7.66.